The summed E-state index contributed by atoms with van der Waals surface area (Å²) in [5, 5.41) is 13.8. The fourth-order valence-corrected chi connectivity index (χ4v) is 2.65. The van der Waals surface area contributed by atoms with E-state index in [4.69, 9.17) is 0 Å². The largest absolute Gasteiger partial charge is 0.345 e. The number of rotatable bonds is 2. The first-order valence-corrected chi connectivity index (χ1v) is 5.94. The highest BCUT2D eigenvalue weighted by Crippen LogP contribution is 2.36. The molecule has 0 radical (unpaired) electrons. The van der Waals surface area contributed by atoms with Gasteiger partial charge < -0.3 is 0 Å². The van der Waals surface area contributed by atoms with Gasteiger partial charge in [-0.1, -0.05) is 13.3 Å². The Bertz CT molecular complexity index is 509. The molecule has 1 heterocycles. The maximum Gasteiger partial charge on any atom is 0.345 e. The molecule has 1 saturated carbocycles. The SMILES string of the molecule is CCC1CCC(C#N)(n2c(=O)[nH][nH]c2=O)CC1. The van der Waals surface area contributed by atoms with Crippen LogP contribution in [-0.2, 0) is 5.54 Å². The van der Waals surface area contributed by atoms with Crippen LogP contribution in [-0.4, -0.2) is 14.8 Å². The molecule has 0 amide bonds. The van der Waals surface area contributed by atoms with Crippen LogP contribution in [0.3, 0.4) is 0 Å². The summed E-state index contributed by atoms with van der Waals surface area (Å²) in [6.07, 6.45) is 4.01. The maximum absolute atomic E-state index is 11.6. The fourth-order valence-electron chi connectivity index (χ4n) is 2.65. The summed E-state index contributed by atoms with van der Waals surface area (Å²) in [6, 6.07) is 2.17. The van der Waals surface area contributed by atoms with Crippen LogP contribution in [0, 0.1) is 17.2 Å². The predicted octanol–water partition coefficient (Wildman–Crippen LogP) is 0.684. The monoisotopic (exact) mass is 236 g/mol. The van der Waals surface area contributed by atoms with Gasteiger partial charge in [0.2, 0.25) is 0 Å². The van der Waals surface area contributed by atoms with Crippen molar-refractivity contribution in [2.45, 2.75) is 44.6 Å². The van der Waals surface area contributed by atoms with Gasteiger partial charge in [-0.25, -0.2) is 24.4 Å². The zero-order valence-corrected chi connectivity index (χ0v) is 9.82. The third-order valence-corrected chi connectivity index (χ3v) is 3.83. The number of nitrogens with zero attached hydrogens (tertiary/aromatic N) is 2. The molecular weight excluding hydrogens is 220 g/mol. The van der Waals surface area contributed by atoms with Crippen molar-refractivity contribution < 1.29 is 0 Å². The average molecular weight is 236 g/mol. The minimum absolute atomic E-state index is 0.522. The molecule has 92 valence electrons. The highest BCUT2D eigenvalue weighted by molar-refractivity contribution is 5.07. The molecule has 0 atom stereocenters. The zero-order valence-electron chi connectivity index (χ0n) is 9.82. The Hall–Kier alpha value is -1.77. The zero-order chi connectivity index (χ0) is 12.5. The number of hydrogen-bond acceptors (Lipinski definition) is 3. The van der Waals surface area contributed by atoms with E-state index in [-0.39, 0.29) is 0 Å². The Morgan fingerprint density at radius 3 is 2.29 bits per heavy atom. The third-order valence-electron chi connectivity index (χ3n) is 3.83. The van der Waals surface area contributed by atoms with Crippen molar-refractivity contribution in [1.82, 2.24) is 14.8 Å². The van der Waals surface area contributed by atoms with Crippen LogP contribution < -0.4 is 11.4 Å². The minimum atomic E-state index is -0.962. The normalized spacial score (nSPS) is 28.8. The smallest absolute Gasteiger partial charge is 0.247 e. The quantitative estimate of drug-likeness (QED) is 0.790. The topological polar surface area (TPSA) is 94.4 Å². The van der Waals surface area contributed by atoms with E-state index in [1.54, 1.807) is 0 Å². The molecule has 0 aromatic carbocycles. The molecule has 1 aromatic rings. The molecule has 0 bridgehead atoms. The first-order chi connectivity index (χ1) is 8.13. The van der Waals surface area contributed by atoms with Crippen molar-refractivity contribution >= 4 is 0 Å². The molecule has 0 spiro atoms. The third kappa shape index (κ3) is 1.82. The van der Waals surface area contributed by atoms with Gasteiger partial charge in [-0.3, -0.25) is 0 Å². The lowest BCUT2D eigenvalue weighted by Gasteiger charge is -2.34. The van der Waals surface area contributed by atoms with Gasteiger partial charge in [0.1, 0.15) is 5.54 Å². The first-order valence-electron chi connectivity index (χ1n) is 5.94. The van der Waals surface area contributed by atoms with Gasteiger partial charge in [-0.05, 0) is 31.6 Å². The van der Waals surface area contributed by atoms with Gasteiger partial charge in [0.05, 0.1) is 6.07 Å². The molecule has 0 saturated heterocycles. The van der Waals surface area contributed by atoms with E-state index in [0.29, 0.717) is 18.8 Å². The van der Waals surface area contributed by atoms with E-state index in [1.165, 1.54) is 0 Å². The van der Waals surface area contributed by atoms with Crippen molar-refractivity contribution in [1.29, 1.82) is 5.26 Å². The van der Waals surface area contributed by atoms with Gasteiger partial charge in [0, 0.05) is 0 Å². The molecule has 1 fully saturated rings. The van der Waals surface area contributed by atoms with Crippen LogP contribution in [0.25, 0.3) is 0 Å². The van der Waals surface area contributed by atoms with Crippen molar-refractivity contribution in [2.75, 3.05) is 0 Å². The number of aromatic nitrogens is 3. The second-order valence-electron chi connectivity index (χ2n) is 4.69. The lowest BCUT2D eigenvalue weighted by Crippen LogP contribution is -2.47. The molecule has 1 aliphatic carbocycles. The van der Waals surface area contributed by atoms with Crippen molar-refractivity contribution in [3.63, 3.8) is 0 Å². The number of hydrogen-bond donors (Lipinski definition) is 2. The standard InChI is InChI=1S/C11H16N4O2/c1-2-8-3-5-11(7-12,6-4-8)15-9(16)13-14-10(15)17/h8H,2-6H2,1H3,(H,13,16)(H,14,17). The molecule has 2 N–H and O–H groups in total. The molecule has 17 heavy (non-hydrogen) atoms. The number of nitrogens with one attached hydrogen (secondary N) is 2. The highest BCUT2D eigenvalue weighted by atomic mass is 16.2. The Morgan fingerprint density at radius 1 is 1.35 bits per heavy atom. The van der Waals surface area contributed by atoms with Gasteiger partial charge in [-0.15, -0.1) is 0 Å². The summed E-state index contributed by atoms with van der Waals surface area (Å²) >= 11 is 0. The van der Waals surface area contributed by atoms with Crippen LogP contribution in [0.2, 0.25) is 0 Å². The molecule has 6 heteroatoms. The highest BCUT2D eigenvalue weighted by Gasteiger charge is 2.39. The minimum Gasteiger partial charge on any atom is -0.247 e. The van der Waals surface area contributed by atoms with Crippen LogP contribution in [0.5, 0.6) is 0 Å². The fraction of sp³-hybridized carbons (Fsp3) is 0.727. The molecule has 1 aliphatic rings. The van der Waals surface area contributed by atoms with Gasteiger partial charge >= 0.3 is 11.4 Å². The lowest BCUT2D eigenvalue weighted by atomic mass is 9.76. The predicted molar refractivity (Wildman–Crippen MR) is 61.5 cm³/mol. The van der Waals surface area contributed by atoms with Crippen LogP contribution in [0.1, 0.15) is 39.0 Å². The Balaban J connectivity index is 2.39. The van der Waals surface area contributed by atoms with Gasteiger partial charge in [-0.2, -0.15) is 5.26 Å². The molecule has 1 aromatic heterocycles. The molecular formula is C11H16N4O2. The number of nitriles is 1. The Kier molecular flexibility index (Phi) is 2.92. The second-order valence-corrected chi connectivity index (χ2v) is 4.69. The number of aromatic amines is 2. The first kappa shape index (κ1) is 11.7. The molecule has 0 aliphatic heterocycles. The molecule has 0 unspecified atom stereocenters. The van der Waals surface area contributed by atoms with Crippen LogP contribution in [0.4, 0.5) is 0 Å². The van der Waals surface area contributed by atoms with Gasteiger partial charge in [0.15, 0.2) is 0 Å². The van der Waals surface area contributed by atoms with Crippen molar-refractivity contribution in [3.05, 3.63) is 21.0 Å². The van der Waals surface area contributed by atoms with E-state index in [1.807, 2.05) is 0 Å². The lowest BCUT2D eigenvalue weighted by molar-refractivity contribution is 0.200. The van der Waals surface area contributed by atoms with Crippen molar-refractivity contribution in [3.8, 4) is 6.07 Å². The van der Waals surface area contributed by atoms with E-state index < -0.39 is 16.9 Å². The van der Waals surface area contributed by atoms with E-state index >= 15 is 0 Å². The Labute approximate surface area is 98.3 Å². The second kappa shape index (κ2) is 4.24. The maximum atomic E-state index is 11.6. The summed E-state index contributed by atoms with van der Waals surface area (Å²) in [5.41, 5.74) is -2.01. The van der Waals surface area contributed by atoms with Crippen molar-refractivity contribution in [2.24, 2.45) is 5.92 Å². The molecule has 2 rings (SSSR count). The van der Waals surface area contributed by atoms with Gasteiger partial charge in [0.25, 0.3) is 0 Å². The number of H-pyrrole nitrogens is 2. The average Bonchev–Trinajstić information content (AvgIpc) is 2.70. The summed E-state index contributed by atoms with van der Waals surface area (Å²) in [7, 11) is 0. The van der Waals surface area contributed by atoms with E-state index in [2.05, 4.69) is 23.2 Å². The van der Waals surface area contributed by atoms with Crippen LogP contribution >= 0.6 is 0 Å². The van der Waals surface area contributed by atoms with E-state index in [0.717, 1.165) is 23.8 Å². The summed E-state index contributed by atoms with van der Waals surface area (Å²) in [6.45, 7) is 2.12. The van der Waals surface area contributed by atoms with Crippen LogP contribution in [0.15, 0.2) is 9.59 Å². The molecule has 6 nitrogen and oxygen atoms in total. The summed E-state index contributed by atoms with van der Waals surface area (Å²) in [5.74, 6) is 0.602. The summed E-state index contributed by atoms with van der Waals surface area (Å²) in [4.78, 5) is 23.2. The Morgan fingerprint density at radius 2 is 1.88 bits per heavy atom. The van der Waals surface area contributed by atoms with E-state index in [9.17, 15) is 14.9 Å². The summed E-state index contributed by atoms with van der Waals surface area (Å²) < 4.78 is 1.04.